The number of nitrogens with one attached hydrogen (secondary N) is 2. The smallest absolute Gasteiger partial charge is 0.271 e. The number of hydrogen-bond acceptors (Lipinski definition) is 3. The molecule has 0 aliphatic rings. The average molecular weight is 344 g/mol. The zero-order chi connectivity index (χ0) is 17.5. The number of carbonyl (C=O) groups excluding carboxylic acids is 2. The van der Waals surface area contributed by atoms with Crippen molar-refractivity contribution in [1.29, 1.82) is 0 Å². The average Bonchev–Trinajstić information content (AvgIpc) is 2.57. The summed E-state index contributed by atoms with van der Waals surface area (Å²) in [6.07, 6.45) is 0.0705. The normalized spacial score (nSPS) is 11.0. The molecule has 124 valence electrons. The molecule has 0 fully saturated rings. The lowest BCUT2D eigenvalue weighted by Gasteiger charge is -2.09. The van der Waals surface area contributed by atoms with Crippen molar-refractivity contribution in [3.8, 4) is 0 Å². The Kier molecular flexibility index (Phi) is 6.09. The maximum Gasteiger partial charge on any atom is 0.271 e. The van der Waals surface area contributed by atoms with Crippen LogP contribution in [-0.2, 0) is 4.79 Å². The molecule has 2 aromatic rings. The van der Waals surface area contributed by atoms with Crippen LogP contribution in [0.1, 0.15) is 29.3 Å². The monoisotopic (exact) mass is 343 g/mol. The predicted octanol–water partition coefficient (Wildman–Crippen LogP) is 3.78. The van der Waals surface area contributed by atoms with Crippen LogP contribution in [0.2, 0.25) is 5.02 Å². The van der Waals surface area contributed by atoms with Crippen molar-refractivity contribution in [2.24, 2.45) is 5.10 Å². The topological polar surface area (TPSA) is 70.6 Å². The molecule has 0 aliphatic carbocycles. The minimum absolute atomic E-state index is 0.0705. The predicted molar refractivity (Wildman–Crippen MR) is 96.5 cm³/mol. The highest BCUT2D eigenvalue weighted by molar-refractivity contribution is 6.31. The van der Waals surface area contributed by atoms with Crippen molar-refractivity contribution in [2.75, 3.05) is 5.32 Å². The van der Waals surface area contributed by atoms with Crippen LogP contribution < -0.4 is 10.7 Å². The Morgan fingerprint density at radius 2 is 1.79 bits per heavy atom. The van der Waals surface area contributed by atoms with Crippen LogP contribution in [0.5, 0.6) is 0 Å². The largest absolute Gasteiger partial charge is 0.325 e. The van der Waals surface area contributed by atoms with Gasteiger partial charge in [0.2, 0.25) is 5.91 Å². The van der Waals surface area contributed by atoms with E-state index in [0.717, 1.165) is 5.56 Å². The molecule has 0 saturated heterocycles. The fraction of sp³-hybridized carbons (Fsp3) is 0.167. The van der Waals surface area contributed by atoms with Crippen LogP contribution in [0.25, 0.3) is 0 Å². The van der Waals surface area contributed by atoms with Crippen LogP contribution in [0.4, 0.5) is 5.69 Å². The van der Waals surface area contributed by atoms with Gasteiger partial charge in [-0.2, -0.15) is 5.10 Å². The number of carbonyl (C=O) groups is 2. The summed E-state index contributed by atoms with van der Waals surface area (Å²) in [5.74, 6) is -0.545. The van der Waals surface area contributed by atoms with Gasteiger partial charge in [-0.3, -0.25) is 9.59 Å². The number of benzene rings is 2. The van der Waals surface area contributed by atoms with Crippen LogP contribution in [0.3, 0.4) is 0 Å². The van der Waals surface area contributed by atoms with Gasteiger partial charge < -0.3 is 5.32 Å². The van der Waals surface area contributed by atoms with Gasteiger partial charge in [-0.25, -0.2) is 5.43 Å². The third-order valence-electron chi connectivity index (χ3n) is 3.34. The molecule has 0 unspecified atom stereocenters. The molecule has 0 aliphatic heterocycles. The van der Waals surface area contributed by atoms with E-state index in [0.29, 0.717) is 22.0 Å². The third-order valence-corrected chi connectivity index (χ3v) is 3.75. The first-order valence-electron chi connectivity index (χ1n) is 7.41. The molecule has 2 aromatic carbocycles. The van der Waals surface area contributed by atoms with E-state index in [9.17, 15) is 9.59 Å². The molecule has 0 bridgehead atoms. The Hall–Kier alpha value is -2.66. The van der Waals surface area contributed by atoms with E-state index >= 15 is 0 Å². The second-order valence-corrected chi connectivity index (χ2v) is 5.70. The van der Waals surface area contributed by atoms with Gasteiger partial charge in [0, 0.05) is 22.0 Å². The lowest BCUT2D eigenvalue weighted by Crippen LogP contribution is -2.21. The molecular weight excluding hydrogens is 326 g/mol. The zero-order valence-electron chi connectivity index (χ0n) is 13.5. The molecule has 2 N–H and O–H groups in total. The Balaban J connectivity index is 1.91. The second kappa shape index (κ2) is 8.26. The number of anilines is 1. The van der Waals surface area contributed by atoms with Crippen molar-refractivity contribution in [1.82, 2.24) is 5.43 Å². The van der Waals surface area contributed by atoms with E-state index < -0.39 is 0 Å². The SMILES string of the molecule is CC(CC(=O)Nc1cccc(Cl)c1C)=NNC(=O)c1ccccc1. The lowest BCUT2D eigenvalue weighted by atomic mass is 10.2. The Morgan fingerprint density at radius 1 is 1.08 bits per heavy atom. The number of nitrogens with zero attached hydrogens (tertiary/aromatic N) is 1. The first-order chi connectivity index (χ1) is 11.5. The van der Waals surface area contributed by atoms with Crippen LogP contribution >= 0.6 is 11.6 Å². The van der Waals surface area contributed by atoms with Crippen molar-refractivity contribution in [3.63, 3.8) is 0 Å². The highest BCUT2D eigenvalue weighted by Crippen LogP contribution is 2.22. The highest BCUT2D eigenvalue weighted by Gasteiger charge is 2.09. The first-order valence-corrected chi connectivity index (χ1v) is 7.78. The number of amides is 2. The van der Waals surface area contributed by atoms with E-state index in [1.807, 2.05) is 13.0 Å². The third kappa shape index (κ3) is 4.93. The van der Waals surface area contributed by atoms with Crippen molar-refractivity contribution >= 4 is 34.8 Å². The Labute approximate surface area is 145 Å². The quantitative estimate of drug-likeness (QED) is 0.640. The van der Waals surface area contributed by atoms with Crippen LogP contribution in [-0.4, -0.2) is 17.5 Å². The summed E-state index contributed by atoms with van der Waals surface area (Å²) in [4.78, 5) is 23.9. The van der Waals surface area contributed by atoms with E-state index in [1.54, 1.807) is 49.4 Å². The molecule has 0 heterocycles. The van der Waals surface area contributed by atoms with Crippen molar-refractivity contribution in [3.05, 3.63) is 64.7 Å². The van der Waals surface area contributed by atoms with Gasteiger partial charge in [-0.15, -0.1) is 0 Å². The summed E-state index contributed by atoms with van der Waals surface area (Å²) in [6, 6.07) is 14.1. The fourth-order valence-corrected chi connectivity index (χ4v) is 2.18. The van der Waals surface area contributed by atoms with Gasteiger partial charge in [0.15, 0.2) is 0 Å². The molecule has 2 amide bonds. The lowest BCUT2D eigenvalue weighted by molar-refractivity contribution is -0.115. The van der Waals surface area contributed by atoms with Gasteiger partial charge >= 0.3 is 0 Å². The molecule has 0 atom stereocenters. The minimum Gasteiger partial charge on any atom is -0.325 e. The number of hydrogen-bond donors (Lipinski definition) is 2. The summed E-state index contributed by atoms with van der Waals surface area (Å²) in [6.45, 7) is 3.51. The Bertz CT molecular complexity index is 773. The summed E-state index contributed by atoms with van der Waals surface area (Å²) in [5.41, 5.74) is 4.91. The van der Waals surface area contributed by atoms with Gasteiger partial charge in [0.05, 0.1) is 6.42 Å². The molecular formula is C18H18ClN3O2. The summed E-state index contributed by atoms with van der Waals surface area (Å²) < 4.78 is 0. The molecule has 5 nitrogen and oxygen atoms in total. The van der Waals surface area contributed by atoms with E-state index in [-0.39, 0.29) is 18.2 Å². The number of rotatable bonds is 5. The summed E-state index contributed by atoms with van der Waals surface area (Å²) in [7, 11) is 0. The number of halogens is 1. The van der Waals surface area contributed by atoms with E-state index in [2.05, 4.69) is 15.8 Å². The maximum atomic E-state index is 12.1. The highest BCUT2D eigenvalue weighted by atomic mass is 35.5. The molecule has 24 heavy (non-hydrogen) atoms. The minimum atomic E-state index is -0.318. The van der Waals surface area contributed by atoms with Crippen molar-refractivity contribution in [2.45, 2.75) is 20.3 Å². The van der Waals surface area contributed by atoms with Crippen LogP contribution in [0, 0.1) is 6.92 Å². The fourth-order valence-electron chi connectivity index (χ4n) is 2.01. The molecule has 0 aromatic heterocycles. The summed E-state index contributed by atoms with van der Waals surface area (Å²) in [5, 5.41) is 7.33. The number of hydrazone groups is 1. The second-order valence-electron chi connectivity index (χ2n) is 5.29. The van der Waals surface area contributed by atoms with Gasteiger partial charge in [-0.05, 0) is 43.7 Å². The molecule has 2 rings (SSSR count). The molecule has 0 radical (unpaired) electrons. The van der Waals surface area contributed by atoms with E-state index in [1.165, 1.54) is 0 Å². The van der Waals surface area contributed by atoms with Crippen molar-refractivity contribution < 1.29 is 9.59 Å². The maximum absolute atomic E-state index is 12.1. The summed E-state index contributed by atoms with van der Waals surface area (Å²) >= 11 is 6.02. The molecule has 6 heteroatoms. The zero-order valence-corrected chi connectivity index (χ0v) is 14.2. The van der Waals surface area contributed by atoms with Crippen LogP contribution in [0.15, 0.2) is 53.6 Å². The van der Waals surface area contributed by atoms with E-state index in [4.69, 9.17) is 11.6 Å². The van der Waals surface area contributed by atoms with Gasteiger partial charge in [0.25, 0.3) is 5.91 Å². The first kappa shape index (κ1) is 17.7. The Morgan fingerprint density at radius 3 is 2.50 bits per heavy atom. The standard InChI is InChI=1S/C18H18ClN3O2/c1-12(21-22-18(24)14-7-4-3-5-8-14)11-17(23)20-16-10-6-9-15(19)13(16)2/h3-10H,11H2,1-2H3,(H,20,23)(H,22,24). The van der Waals surface area contributed by atoms with Gasteiger partial charge in [0.1, 0.15) is 0 Å². The molecule has 0 spiro atoms. The van der Waals surface area contributed by atoms with Gasteiger partial charge in [-0.1, -0.05) is 35.9 Å². The molecule has 0 saturated carbocycles.